The van der Waals surface area contributed by atoms with Gasteiger partial charge in [0.05, 0.1) is 11.6 Å². The molecule has 0 bridgehead atoms. The molecule has 0 saturated carbocycles. The molecule has 2 rings (SSSR count). The van der Waals surface area contributed by atoms with E-state index >= 15 is 0 Å². The molecular formula is C13H9NS2Zn+2. The van der Waals surface area contributed by atoms with Gasteiger partial charge in [0.15, 0.2) is 0 Å². The molecule has 78 valence electrons. The second-order valence-corrected chi connectivity index (χ2v) is 4.81. The van der Waals surface area contributed by atoms with Gasteiger partial charge in [-0.2, -0.15) is 5.26 Å². The van der Waals surface area contributed by atoms with Gasteiger partial charge in [0.2, 0.25) is 0 Å². The first kappa shape index (κ1) is 14.3. The summed E-state index contributed by atoms with van der Waals surface area (Å²) < 4.78 is 0. The summed E-state index contributed by atoms with van der Waals surface area (Å²) in [6.07, 6.45) is 0. The molecule has 0 aliphatic rings. The molecule has 0 aliphatic carbocycles. The molecule has 0 saturated heterocycles. The molecule has 0 atom stereocenters. The Morgan fingerprint density at radius 1 is 1.06 bits per heavy atom. The van der Waals surface area contributed by atoms with Gasteiger partial charge in [-0.15, -0.1) is 12.6 Å². The Morgan fingerprint density at radius 2 is 1.76 bits per heavy atom. The third-order valence-corrected chi connectivity index (χ3v) is 3.67. The average molecular weight is 309 g/mol. The number of rotatable bonds is 2. The van der Waals surface area contributed by atoms with Crippen LogP contribution in [-0.2, 0) is 19.5 Å². The van der Waals surface area contributed by atoms with Crippen molar-refractivity contribution in [1.29, 1.82) is 5.26 Å². The van der Waals surface area contributed by atoms with Crippen LogP contribution in [0.3, 0.4) is 0 Å². The Hall–Kier alpha value is -0.747. The third-order valence-electron chi connectivity index (χ3n) is 2.06. The van der Waals surface area contributed by atoms with Crippen LogP contribution in [0.2, 0.25) is 0 Å². The number of hydrogen-bond donors (Lipinski definition) is 1. The number of nitrogens with zero attached hydrogens (tertiary/aromatic N) is 1. The maximum Gasteiger partial charge on any atom is 2.00 e. The van der Waals surface area contributed by atoms with E-state index in [1.54, 1.807) is 17.8 Å². The van der Waals surface area contributed by atoms with E-state index in [0.717, 1.165) is 14.7 Å². The van der Waals surface area contributed by atoms with Crippen molar-refractivity contribution in [2.45, 2.75) is 14.7 Å². The van der Waals surface area contributed by atoms with Crippen LogP contribution in [-0.4, -0.2) is 0 Å². The molecule has 1 nitrogen and oxygen atoms in total. The minimum atomic E-state index is 0. The first-order valence-electron chi connectivity index (χ1n) is 4.75. The van der Waals surface area contributed by atoms with E-state index in [2.05, 4.69) is 18.7 Å². The Morgan fingerprint density at radius 3 is 2.41 bits per heavy atom. The molecule has 0 spiro atoms. The summed E-state index contributed by atoms with van der Waals surface area (Å²) >= 11 is 6.00. The van der Waals surface area contributed by atoms with Crippen molar-refractivity contribution in [3.63, 3.8) is 0 Å². The fourth-order valence-corrected chi connectivity index (χ4v) is 2.46. The van der Waals surface area contributed by atoms with E-state index in [1.807, 2.05) is 42.5 Å². The number of thiol groups is 1. The summed E-state index contributed by atoms with van der Waals surface area (Å²) in [4.78, 5) is 3.05. The van der Waals surface area contributed by atoms with E-state index in [-0.39, 0.29) is 19.5 Å². The van der Waals surface area contributed by atoms with Crippen LogP contribution in [0.15, 0.2) is 63.2 Å². The van der Waals surface area contributed by atoms with Crippen molar-refractivity contribution < 1.29 is 19.5 Å². The normalized spacial score (nSPS) is 9.18. The molecule has 0 radical (unpaired) electrons. The van der Waals surface area contributed by atoms with Crippen LogP contribution >= 0.6 is 24.4 Å². The predicted octanol–water partition coefficient (Wildman–Crippen LogP) is 4.00. The molecular weight excluding hydrogens is 300 g/mol. The summed E-state index contributed by atoms with van der Waals surface area (Å²) in [5, 5.41) is 8.83. The number of nitriles is 1. The standard InChI is InChI=1S/C13H9NS2.Zn/c14-9-10-6-7-12(15)13(8-10)16-11-4-2-1-3-5-11;/h1-8,15H;/q;+2. The zero-order chi connectivity index (χ0) is 11.4. The SMILES string of the molecule is N#Cc1ccc(S)c(Sc2ccccc2)c1.[Zn+2]. The van der Waals surface area contributed by atoms with Crippen molar-refractivity contribution in [3.8, 4) is 6.07 Å². The summed E-state index contributed by atoms with van der Waals surface area (Å²) in [5.74, 6) is 0. The van der Waals surface area contributed by atoms with Crippen molar-refractivity contribution in [1.82, 2.24) is 0 Å². The number of hydrogen-bond acceptors (Lipinski definition) is 3. The summed E-state index contributed by atoms with van der Waals surface area (Å²) in [6, 6.07) is 17.7. The van der Waals surface area contributed by atoms with Gasteiger partial charge in [0.25, 0.3) is 0 Å². The zero-order valence-corrected chi connectivity index (χ0v) is 13.8. The van der Waals surface area contributed by atoms with E-state index in [9.17, 15) is 0 Å². The van der Waals surface area contributed by atoms with E-state index in [4.69, 9.17) is 5.26 Å². The molecule has 4 heteroatoms. The molecule has 2 aromatic carbocycles. The van der Waals surface area contributed by atoms with Crippen LogP contribution in [0.4, 0.5) is 0 Å². The molecule has 0 fully saturated rings. The molecule has 0 aliphatic heterocycles. The minimum absolute atomic E-state index is 0. The monoisotopic (exact) mass is 307 g/mol. The van der Waals surface area contributed by atoms with Crippen molar-refractivity contribution in [2.75, 3.05) is 0 Å². The molecule has 17 heavy (non-hydrogen) atoms. The topological polar surface area (TPSA) is 23.8 Å². The molecule has 0 N–H and O–H groups in total. The fraction of sp³-hybridized carbons (Fsp3) is 0. The van der Waals surface area contributed by atoms with Gasteiger partial charge >= 0.3 is 19.5 Å². The van der Waals surface area contributed by atoms with Gasteiger partial charge in [-0.05, 0) is 30.3 Å². The first-order chi connectivity index (χ1) is 7.79. The van der Waals surface area contributed by atoms with E-state index < -0.39 is 0 Å². The molecule has 2 aromatic rings. The van der Waals surface area contributed by atoms with Crippen LogP contribution < -0.4 is 0 Å². The zero-order valence-electron chi connectivity index (χ0n) is 9.13. The molecule has 0 heterocycles. The van der Waals surface area contributed by atoms with Crippen LogP contribution in [0.1, 0.15) is 5.56 Å². The molecule has 0 amide bonds. The van der Waals surface area contributed by atoms with Crippen molar-refractivity contribution >= 4 is 24.4 Å². The van der Waals surface area contributed by atoms with Gasteiger partial charge in [-0.25, -0.2) is 0 Å². The predicted molar refractivity (Wildman–Crippen MR) is 69.0 cm³/mol. The Labute approximate surface area is 123 Å². The van der Waals surface area contributed by atoms with Crippen molar-refractivity contribution in [2.24, 2.45) is 0 Å². The van der Waals surface area contributed by atoms with Gasteiger partial charge < -0.3 is 0 Å². The largest absolute Gasteiger partial charge is 2.00 e. The maximum atomic E-state index is 8.83. The second kappa shape index (κ2) is 6.86. The Kier molecular flexibility index (Phi) is 5.78. The minimum Gasteiger partial charge on any atom is -0.192 e. The molecule has 0 unspecified atom stereocenters. The van der Waals surface area contributed by atoms with Gasteiger partial charge in [-0.1, -0.05) is 30.0 Å². The van der Waals surface area contributed by atoms with Crippen molar-refractivity contribution in [3.05, 3.63) is 54.1 Å². The van der Waals surface area contributed by atoms with Gasteiger partial charge in [0.1, 0.15) is 0 Å². The summed E-state index contributed by atoms with van der Waals surface area (Å²) in [7, 11) is 0. The van der Waals surface area contributed by atoms with Crippen LogP contribution in [0, 0.1) is 11.3 Å². The fourth-order valence-electron chi connectivity index (χ4n) is 1.28. The maximum absolute atomic E-state index is 8.83. The number of benzene rings is 2. The Balaban J connectivity index is 0.00000144. The first-order valence-corrected chi connectivity index (χ1v) is 6.02. The van der Waals surface area contributed by atoms with Crippen LogP contribution in [0.5, 0.6) is 0 Å². The Bertz CT molecular complexity index is 535. The smallest absolute Gasteiger partial charge is 0.192 e. The quantitative estimate of drug-likeness (QED) is 0.670. The summed E-state index contributed by atoms with van der Waals surface area (Å²) in [6.45, 7) is 0. The second-order valence-electron chi connectivity index (χ2n) is 3.21. The van der Waals surface area contributed by atoms with Crippen LogP contribution in [0.25, 0.3) is 0 Å². The van der Waals surface area contributed by atoms with E-state index in [0.29, 0.717) is 5.56 Å². The average Bonchev–Trinajstić information content (AvgIpc) is 2.33. The molecule has 0 aromatic heterocycles. The third kappa shape index (κ3) is 3.89. The summed E-state index contributed by atoms with van der Waals surface area (Å²) in [5.41, 5.74) is 0.663. The van der Waals surface area contributed by atoms with Gasteiger partial charge in [0, 0.05) is 14.7 Å². The van der Waals surface area contributed by atoms with Gasteiger partial charge in [-0.3, -0.25) is 0 Å². The van der Waals surface area contributed by atoms with E-state index in [1.165, 1.54) is 0 Å².